The van der Waals surface area contributed by atoms with Gasteiger partial charge in [-0.3, -0.25) is 0 Å². The van der Waals surface area contributed by atoms with E-state index in [-0.39, 0.29) is 25.1 Å². The molecule has 0 spiro atoms. The van der Waals surface area contributed by atoms with Gasteiger partial charge in [-0.1, -0.05) is 47.5 Å². The Balaban J connectivity index is 0.00000242. The quantitative estimate of drug-likeness (QED) is 0.733. The second-order valence-corrected chi connectivity index (χ2v) is 5.58. The lowest BCUT2D eigenvalue weighted by molar-refractivity contribution is 0.124. The third kappa shape index (κ3) is 5.13. The van der Waals surface area contributed by atoms with Crippen molar-refractivity contribution < 1.29 is 10.2 Å². The number of hydrogen-bond donors (Lipinski definition) is 3. The molecule has 0 aliphatic rings. The summed E-state index contributed by atoms with van der Waals surface area (Å²) in [7, 11) is 0. The molecule has 0 heterocycles. The molecule has 6 heteroatoms. The first kappa shape index (κ1) is 19.2. The molecule has 0 bridgehead atoms. The van der Waals surface area contributed by atoms with Crippen LogP contribution in [0.15, 0.2) is 48.5 Å². The van der Waals surface area contributed by atoms with Gasteiger partial charge >= 0.3 is 0 Å². The van der Waals surface area contributed by atoms with Gasteiger partial charge in [0.15, 0.2) is 0 Å². The Kier molecular flexibility index (Phi) is 8.18. The lowest BCUT2D eigenvalue weighted by Crippen LogP contribution is -2.29. The third-order valence-electron chi connectivity index (χ3n) is 3.23. The Labute approximate surface area is 146 Å². The maximum Gasteiger partial charge on any atom is 0.0984 e. The Morgan fingerprint density at radius 2 is 1.32 bits per heavy atom. The minimum absolute atomic E-state index is 0. The van der Waals surface area contributed by atoms with E-state index in [4.69, 9.17) is 28.3 Å². The molecule has 0 amide bonds. The largest absolute Gasteiger partial charge is 0.395 e. The molecule has 0 radical (unpaired) electrons. The van der Waals surface area contributed by atoms with E-state index in [2.05, 4.69) is 5.32 Å². The number of nitrogens with one attached hydrogen (secondary N) is 1. The lowest BCUT2D eigenvalue weighted by atomic mass is 9.96. The molecular weight excluding hydrogens is 345 g/mol. The third-order valence-corrected chi connectivity index (χ3v) is 3.74. The molecular formula is C16H18Cl3NO2. The van der Waals surface area contributed by atoms with E-state index in [1.165, 1.54) is 0 Å². The van der Waals surface area contributed by atoms with Gasteiger partial charge < -0.3 is 15.5 Å². The summed E-state index contributed by atoms with van der Waals surface area (Å²) in [5.41, 5.74) is 1.65. The van der Waals surface area contributed by atoms with Crippen molar-refractivity contribution in [3.63, 3.8) is 0 Å². The SMILES string of the molecule is Cl.OCCNC(c1ccc(Cl)cc1)C(O)c1ccc(Cl)cc1. The van der Waals surface area contributed by atoms with Gasteiger partial charge in [0.1, 0.15) is 0 Å². The highest BCUT2D eigenvalue weighted by molar-refractivity contribution is 6.30. The summed E-state index contributed by atoms with van der Waals surface area (Å²) in [4.78, 5) is 0. The zero-order chi connectivity index (χ0) is 15.2. The standard InChI is InChI=1S/C16H17Cl2NO2.ClH/c17-13-5-1-11(2-6-13)15(19-9-10-20)16(21)12-3-7-14(18)8-4-12;/h1-8,15-16,19-21H,9-10H2;1H. The van der Waals surface area contributed by atoms with Crippen LogP contribution in [0.2, 0.25) is 10.0 Å². The Morgan fingerprint density at radius 3 is 1.77 bits per heavy atom. The highest BCUT2D eigenvalue weighted by Crippen LogP contribution is 2.30. The van der Waals surface area contributed by atoms with E-state index in [1.807, 2.05) is 12.1 Å². The van der Waals surface area contributed by atoms with Crippen molar-refractivity contribution in [3.8, 4) is 0 Å². The molecule has 3 nitrogen and oxygen atoms in total. The van der Waals surface area contributed by atoms with Gasteiger partial charge in [-0.25, -0.2) is 0 Å². The Bertz CT molecular complexity index is 561. The molecule has 0 aliphatic carbocycles. The van der Waals surface area contributed by atoms with Crippen LogP contribution in [0.4, 0.5) is 0 Å². The van der Waals surface area contributed by atoms with E-state index in [0.717, 1.165) is 11.1 Å². The topological polar surface area (TPSA) is 52.5 Å². The zero-order valence-electron chi connectivity index (χ0n) is 11.7. The van der Waals surface area contributed by atoms with Crippen molar-refractivity contribution in [3.05, 3.63) is 69.7 Å². The van der Waals surface area contributed by atoms with Crippen molar-refractivity contribution in [2.75, 3.05) is 13.2 Å². The fourth-order valence-electron chi connectivity index (χ4n) is 2.15. The van der Waals surface area contributed by atoms with Gasteiger partial charge in [-0.05, 0) is 35.4 Å². The van der Waals surface area contributed by atoms with Crippen molar-refractivity contribution in [1.82, 2.24) is 5.32 Å². The number of aliphatic hydroxyl groups is 2. The Hall–Kier alpha value is -0.810. The van der Waals surface area contributed by atoms with Crippen LogP contribution in [0.25, 0.3) is 0 Å². The highest BCUT2D eigenvalue weighted by atomic mass is 35.5. The second kappa shape index (κ2) is 9.36. The second-order valence-electron chi connectivity index (χ2n) is 4.70. The predicted molar refractivity (Wildman–Crippen MR) is 92.9 cm³/mol. The number of hydrogen-bond acceptors (Lipinski definition) is 3. The van der Waals surface area contributed by atoms with Crippen LogP contribution in [-0.2, 0) is 0 Å². The molecule has 3 N–H and O–H groups in total. The molecule has 0 aliphatic heterocycles. The number of halogens is 3. The van der Waals surface area contributed by atoms with Crippen LogP contribution >= 0.6 is 35.6 Å². The van der Waals surface area contributed by atoms with Crippen LogP contribution in [0.1, 0.15) is 23.3 Å². The van der Waals surface area contributed by atoms with Gasteiger partial charge in [0, 0.05) is 16.6 Å². The van der Waals surface area contributed by atoms with Crippen molar-refractivity contribution in [1.29, 1.82) is 0 Å². The van der Waals surface area contributed by atoms with Crippen LogP contribution in [0.3, 0.4) is 0 Å². The zero-order valence-corrected chi connectivity index (χ0v) is 14.1. The molecule has 0 saturated carbocycles. The average Bonchev–Trinajstić information content (AvgIpc) is 2.50. The van der Waals surface area contributed by atoms with E-state index in [1.54, 1.807) is 36.4 Å². The minimum atomic E-state index is -0.755. The summed E-state index contributed by atoms with van der Waals surface area (Å²) in [6.07, 6.45) is -0.755. The van der Waals surface area contributed by atoms with E-state index in [0.29, 0.717) is 16.6 Å². The van der Waals surface area contributed by atoms with Crippen LogP contribution in [-0.4, -0.2) is 23.4 Å². The summed E-state index contributed by atoms with van der Waals surface area (Å²) in [5, 5.41) is 24.0. The maximum absolute atomic E-state index is 10.6. The summed E-state index contributed by atoms with van der Waals surface area (Å²) in [6, 6.07) is 14.0. The number of aliphatic hydroxyl groups excluding tert-OH is 2. The molecule has 2 atom stereocenters. The highest BCUT2D eigenvalue weighted by Gasteiger charge is 2.22. The molecule has 2 aromatic carbocycles. The molecule has 0 saturated heterocycles. The maximum atomic E-state index is 10.6. The average molecular weight is 363 g/mol. The fraction of sp³-hybridized carbons (Fsp3) is 0.250. The van der Waals surface area contributed by atoms with Crippen molar-refractivity contribution >= 4 is 35.6 Å². The van der Waals surface area contributed by atoms with Gasteiger partial charge in [-0.15, -0.1) is 12.4 Å². The first-order valence-corrected chi connectivity index (χ1v) is 7.40. The molecule has 2 aromatic rings. The molecule has 2 rings (SSSR count). The van der Waals surface area contributed by atoms with Crippen LogP contribution < -0.4 is 5.32 Å². The number of benzene rings is 2. The molecule has 2 unspecified atom stereocenters. The van der Waals surface area contributed by atoms with Gasteiger partial charge in [-0.2, -0.15) is 0 Å². The van der Waals surface area contributed by atoms with Gasteiger partial charge in [0.25, 0.3) is 0 Å². The van der Waals surface area contributed by atoms with Gasteiger partial charge in [0.2, 0.25) is 0 Å². The van der Waals surface area contributed by atoms with Crippen LogP contribution in [0.5, 0.6) is 0 Å². The molecule has 22 heavy (non-hydrogen) atoms. The summed E-state index contributed by atoms with van der Waals surface area (Å²) in [5.74, 6) is 0. The van der Waals surface area contributed by atoms with Gasteiger partial charge in [0.05, 0.1) is 18.8 Å². The summed E-state index contributed by atoms with van der Waals surface area (Å²) < 4.78 is 0. The van der Waals surface area contributed by atoms with E-state index < -0.39 is 6.10 Å². The molecule has 0 fully saturated rings. The smallest absolute Gasteiger partial charge is 0.0984 e. The molecule has 120 valence electrons. The first-order valence-electron chi connectivity index (χ1n) is 6.65. The minimum Gasteiger partial charge on any atom is -0.395 e. The predicted octanol–water partition coefficient (Wildman–Crippen LogP) is 3.77. The molecule has 0 aromatic heterocycles. The Morgan fingerprint density at radius 1 is 0.864 bits per heavy atom. The normalized spacial score (nSPS) is 13.3. The monoisotopic (exact) mass is 361 g/mol. The van der Waals surface area contributed by atoms with E-state index in [9.17, 15) is 5.11 Å². The fourth-order valence-corrected chi connectivity index (χ4v) is 2.41. The van der Waals surface area contributed by atoms with Crippen molar-refractivity contribution in [2.24, 2.45) is 0 Å². The summed E-state index contributed by atoms with van der Waals surface area (Å²) >= 11 is 11.8. The first-order chi connectivity index (χ1) is 10.1. The van der Waals surface area contributed by atoms with Crippen molar-refractivity contribution in [2.45, 2.75) is 12.1 Å². The van der Waals surface area contributed by atoms with E-state index >= 15 is 0 Å². The lowest BCUT2D eigenvalue weighted by Gasteiger charge is -2.25. The summed E-state index contributed by atoms with van der Waals surface area (Å²) in [6.45, 7) is 0.384. The van der Waals surface area contributed by atoms with Crippen LogP contribution in [0, 0.1) is 0 Å². The number of rotatable bonds is 6.